The minimum Gasteiger partial charge on any atom is -0.388 e. The fourth-order valence-corrected chi connectivity index (χ4v) is 3.30. The molecule has 5 heteroatoms. The zero-order chi connectivity index (χ0) is 17.3. The maximum Gasteiger partial charge on any atom is 0.257 e. The number of aryl methyl sites for hydroxylation is 1. The summed E-state index contributed by atoms with van der Waals surface area (Å²) in [5.41, 5.74) is 1.18. The largest absolute Gasteiger partial charge is 0.388 e. The van der Waals surface area contributed by atoms with E-state index in [0.29, 0.717) is 23.6 Å². The van der Waals surface area contributed by atoms with Gasteiger partial charge < -0.3 is 10.0 Å². The van der Waals surface area contributed by atoms with Crippen LogP contribution in [0.4, 0.5) is 0 Å². The normalized spacial score (nSPS) is 18.0. The monoisotopic (exact) mass is 325 g/mol. The number of hydrogen-bond acceptors (Lipinski definition) is 4. The van der Waals surface area contributed by atoms with Gasteiger partial charge in [0.1, 0.15) is 0 Å². The van der Waals surface area contributed by atoms with E-state index in [-0.39, 0.29) is 11.9 Å². The SMILES string of the molecule is Cc1nc(-c2ccccc2)ncc1C(=O)N1CCCC1C(C)(C)O. The second kappa shape index (κ2) is 6.32. The lowest BCUT2D eigenvalue weighted by Gasteiger charge is -2.34. The van der Waals surface area contributed by atoms with E-state index in [4.69, 9.17) is 0 Å². The van der Waals surface area contributed by atoms with E-state index in [1.54, 1.807) is 24.9 Å². The van der Waals surface area contributed by atoms with Crippen molar-refractivity contribution >= 4 is 5.91 Å². The van der Waals surface area contributed by atoms with Gasteiger partial charge >= 0.3 is 0 Å². The number of amides is 1. The third kappa shape index (κ3) is 3.17. The molecule has 0 radical (unpaired) electrons. The number of rotatable bonds is 3. The maximum atomic E-state index is 12.9. The number of likely N-dealkylation sites (tertiary alicyclic amines) is 1. The molecule has 5 nitrogen and oxygen atoms in total. The van der Waals surface area contributed by atoms with Gasteiger partial charge in [-0.05, 0) is 33.6 Å². The van der Waals surface area contributed by atoms with Crippen molar-refractivity contribution in [3.63, 3.8) is 0 Å². The van der Waals surface area contributed by atoms with Crippen LogP contribution in [0.5, 0.6) is 0 Å². The van der Waals surface area contributed by atoms with Crippen molar-refractivity contribution in [3.8, 4) is 11.4 Å². The first-order valence-corrected chi connectivity index (χ1v) is 8.30. The summed E-state index contributed by atoms with van der Waals surface area (Å²) in [5.74, 6) is 0.516. The van der Waals surface area contributed by atoms with Crippen LogP contribution in [0.15, 0.2) is 36.5 Å². The van der Waals surface area contributed by atoms with Gasteiger partial charge in [-0.25, -0.2) is 9.97 Å². The third-order valence-corrected chi connectivity index (χ3v) is 4.57. The standard InChI is InChI=1S/C19H23N3O2/c1-13-15(12-20-17(21-13)14-8-5-4-6-9-14)18(23)22-11-7-10-16(22)19(2,3)24/h4-6,8-9,12,16,24H,7,10-11H2,1-3H3. The minimum absolute atomic E-state index is 0.100. The van der Waals surface area contributed by atoms with Gasteiger partial charge in [0.15, 0.2) is 5.82 Å². The molecule has 0 bridgehead atoms. The predicted octanol–water partition coefficient (Wildman–Crippen LogP) is 2.83. The average Bonchev–Trinajstić information content (AvgIpc) is 3.05. The van der Waals surface area contributed by atoms with E-state index < -0.39 is 5.60 Å². The fraction of sp³-hybridized carbons (Fsp3) is 0.421. The molecule has 0 saturated carbocycles. The summed E-state index contributed by atoms with van der Waals surface area (Å²) in [5, 5.41) is 10.3. The Morgan fingerprint density at radius 2 is 2.00 bits per heavy atom. The van der Waals surface area contributed by atoms with E-state index in [0.717, 1.165) is 18.4 Å². The van der Waals surface area contributed by atoms with E-state index in [1.807, 2.05) is 37.3 Å². The molecule has 1 unspecified atom stereocenters. The van der Waals surface area contributed by atoms with Gasteiger partial charge in [-0.2, -0.15) is 0 Å². The minimum atomic E-state index is -0.912. The topological polar surface area (TPSA) is 66.3 Å². The highest BCUT2D eigenvalue weighted by atomic mass is 16.3. The van der Waals surface area contributed by atoms with Gasteiger partial charge in [0.25, 0.3) is 5.91 Å². The summed E-state index contributed by atoms with van der Waals surface area (Å²) in [6.07, 6.45) is 3.33. The Bertz CT molecular complexity index is 738. The van der Waals surface area contributed by atoms with E-state index >= 15 is 0 Å². The Balaban J connectivity index is 1.88. The maximum absolute atomic E-state index is 12.9. The molecule has 126 valence electrons. The molecule has 1 saturated heterocycles. The molecule has 1 fully saturated rings. The van der Waals surface area contributed by atoms with Gasteiger partial charge in [0.2, 0.25) is 0 Å². The van der Waals surface area contributed by atoms with Crippen molar-refractivity contribution in [3.05, 3.63) is 47.8 Å². The van der Waals surface area contributed by atoms with Crippen LogP contribution in [0.1, 0.15) is 42.7 Å². The van der Waals surface area contributed by atoms with Crippen molar-refractivity contribution in [2.45, 2.75) is 45.3 Å². The van der Waals surface area contributed by atoms with Crippen LogP contribution in [-0.4, -0.2) is 44.1 Å². The second-order valence-electron chi connectivity index (χ2n) is 6.87. The molecule has 1 N–H and O–H groups in total. The number of hydrogen-bond donors (Lipinski definition) is 1. The second-order valence-corrected chi connectivity index (χ2v) is 6.87. The molecule has 1 aliphatic heterocycles. The van der Waals surface area contributed by atoms with Crippen LogP contribution in [-0.2, 0) is 0 Å². The number of carbonyl (C=O) groups is 1. The molecule has 1 aromatic carbocycles. The van der Waals surface area contributed by atoms with Crippen molar-refractivity contribution in [2.75, 3.05) is 6.54 Å². The molecule has 2 heterocycles. The van der Waals surface area contributed by atoms with Crippen LogP contribution in [0.2, 0.25) is 0 Å². The predicted molar refractivity (Wildman–Crippen MR) is 92.6 cm³/mol. The smallest absolute Gasteiger partial charge is 0.257 e. The number of carbonyl (C=O) groups excluding carboxylic acids is 1. The summed E-state index contributed by atoms with van der Waals surface area (Å²) in [4.78, 5) is 23.5. The molecule has 1 aromatic heterocycles. The highest BCUT2D eigenvalue weighted by Crippen LogP contribution is 2.28. The molecular weight excluding hydrogens is 302 g/mol. The molecule has 0 aliphatic carbocycles. The lowest BCUT2D eigenvalue weighted by molar-refractivity contribution is 0.000266. The van der Waals surface area contributed by atoms with E-state index in [2.05, 4.69) is 9.97 Å². The van der Waals surface area contributed by atoms with Crippen LogP contribution >= 0.6 is 0 Å². The van der Waals surface area contributed by atoms with Crippen LogP contribution in [0, 0.1) is 6.92 Å². The summed E-state index contributed by atoms with van der Waals surface area (Å²) < 4.78 is 0. The lowest BCUT2D eigenvalue weighted by atomic mass is 9.96. The van der Waals surface area contributed by atoms with E-state index in [1.165, 1.54) is 0 Å². The van der Waals surface area contributed by atoms with Crippen LogP contribution in [0.25, 0.3) is 11.4 Å². The third-order valence-electron chi connectivity index (χ3n) is 4.57. The van der Waals surface area contributed by atoms with Gasteiger partial charge in [-0.15, -0.1) is 0 Å². The van der Waals surface area contributed by atoms with Gasteiger partial charge in [-0.1, -0.05) is 30.3 Å². The van der Waals surface area contributed by atoms with Crippen molar-refractivity contribution < 1.29 is 9.90 Å². The molecule has 3 rings (SSSR count). The molecule has 1 amide bonds. The summed E-state index contributed by atoms with van der Waals surface area (Å²) in [6.45, 7) is 6.00. The lowest BCUT2D eigenvalue weighted by Crippen LogP contribution is -2.48. The summed E-state index contributed by atoms with van der Waals surface area (Å²) in [7, 11) is 0. The van der Waals surface area contributed by atoms with Crippen molar-refractivity contribution in [2.24, 2.45) is 0 Å². The van der Waals surface area contributed by atoms with Crippen LogP contribution < -0.4 is 0 Å². The van der Waals surface area contributed by atoms with Crippen molar-refractivity contribution in [1.82, 2.24) is 14.9 Å². The van der Waals surface area contributed by atoms with Crippen LogP contribution in [0.3, 0.4) is 0 Å². The summed E-state index contributed by atoms with van der Waals surface area (Å²) >= 11 is 0. The Morgan fingerprint density at radius 3 is 2.62 bits per heavy atom. The Labute approximate surface area is 142 Å². The summed E-state index contributed by atoms with van der Waals surface area (Å²) in [6, 6.07) is 9.54. The zero-order valence-electron chi connectivity index (χ0n) is 14.4. The number of aliphatic hydroxyl groups is 1. The fourth-order valence-electron chi connectivity index (χ4n) is 3.30. The number of aromatic nitrogens is 2. The Morgan fingerprint density at radius 1 is 1.29 bits per heavy atom. The van der Waals surface area contributed by atoms with Gasteiger partial charge in [0.05, 0.1) is 22.9 Å². The first kappa shape index (κ1) is 16.6. The first-order chi connectivity index (χ1) is 11.4. The molecule has 0 spiro atoms. The molecule has 1 aliphatic rings. The number of benzene rings is 1. The van der Waals surface area contributed by atoms with E-state index in [9.17, 15) is 9.90 Å². The van der Waals surface area contributed by atoms with Gasteiger partial charge in [0, 0.05) is 18.3 Å². The highest BCUT2D eigenvalue weighted by molar-refractivity contribution is 5.95. The first-order valence-electron chi connectivity index (χ1n) is 8.30. The molecular formula is C19H23N3O2. The Hall–Kier alpha value is -2.27. The van der Waals surface area contributed by atoms with Crippen molar-refractivity contribution in [1.29, 1.82) is 0 Å². The molecule has 2 aromatic rings. The highest BCUT2D eigenvalue weighted by Gasteiger charge is 2.39. The van der Waals surface area contributed by atoms with Gasteiger partial charge in [-0.3, -0.25) is 4.79 Å². The molecule has 24 heavy (non-hydrogen) atoms. The number of nitrogens with zero attached hydrogens (tertiary/aromatic N) is 3. The quantitative estimate of drug-likeness (QED) is 0.942. The average molecular weight is 325 g/mol. The Kier molecular flexibility index (Phi) is 4.37. The molecule has 1 atom stereocenters. The zero-order valence-corrected chi connectivity index (χ0v) is 14.4.